The van der Waals surface area contributed by atoms with Crippen molar-refractivity contribution in [2.75, 3.05) is 45.2 Å². The molecule has 0 bridgehead atoms. The van der Waals surface area contributed by atoms with Gasteiger partial charge in [-0.05, 0) is 82.1 Å². The molecule has 3 aromatic rings. The van der Waals surface area contributed by atoms with Crippen LogP contribution in [0.2, 0.25) is 0 Å². The molecule has 170 valence electrons. The monoisotopic (exact) mass is 454 g/mol. The Balaban J connectivity index is 1.55. The fourth-order valence-corrected chi connectivity index (χ4v) is 4.31. The van der Waals surface area contributed by atoms with E-state index in [1.165, 1.54) is 23.4 Å². The van der Waals surface area contributed by atoms with Crippen LogP contribution in [-0.4, -0.2) is 64.4 Å². The largest absolute Gasteiger partial charge is 0.369 e. The Kier molecular flexibility index (Phi) is 6.74. The van der Waals surface area contributed by atoms with Crippen LogP contribution in [0.25, 0.3) is 5.69 Å². The standard InChI is InChI=1S/C24H31FN6S/c1-18-6-5-7-22(16-18)29-14-12-28(13-15-29)17-30-24(32)31(21-10-8-20(25)9-11-21)23(26-30)19(2)27(3)4/h5-11,16,19H,12-15,17H2,1-4H3. The smallest absolute Gasteiger partial charge is 0.203 e. The van der Waals surface area contributed by atoms with Gasteiger partial charge in [-0.25, -0.2) is 9.07 Å². The van der Waals surface area contributed by atoms with Crippen molar-refractivity contribution in [3.63, 3.8) is 0 Å². The van der Waals surface area contributed by atoms with Crippen LogP contribution in [0.4, 0.5) is 10.1 Å². The van der Waals surface area contributed by atoms with Crippen LogP contribution in [0.15, 0.2) is 48.5 Å². The zero-order valence-electron chi connectivity index (χ0n) is 19.2. The van der Waals surface area contributed by atoms with Gasteiger partial charge in [-0.1, -0.05) is 12.1 Å². The summed E-state index contributed by atoms with van der Waals surface area (Å²) in [6, 6.07) is 15.2. The molecule has 1 unspecified atom stereocenters. The maximum Gasteiger partial charge on any atom is 0.203 e. The first kappa shape index (κ1) is 22.6. The maximum absolute atomic E-state index is 13.5. The van der Waals surface area contributed by atoms with E-state index >= 15 is 0 Å². The summed E-state index contributed by atoms with van der Waals surface area (Å²) in [6.45, 7) is 8.69. The van der Waals surface area contributed by atoms with Crippen LogP contribution in [0, 0.1) is 17.5 Å². The fraction of sp³-hybridized carbons (Fsp3) is 0.417. The van der Waals surface area contributed by atoms with Crippen molar-refractivity contribution in [3.8, 4) is 5.69 Å². The average molecular weight is 455 g/mol. The second-order valence-corrected chi connectivity index (χ2v) is 9.04. The molecule has 0 spiro atoms. The van der Waals surface area contributed by atoms with Crippen molar-refractivity contribution in [1.82, 2.24) is 24.1 Å². The highest BCUT2D eigenvalue weighted by Gasteiger charge is 2.23. The van der Waals surface area contributed by atoms with Gasteiger partial charge in [0.1, 0.15) is 5.82 Å². The third-order valence-corrected chi connectivity index (χ3v) is 6.56. The first-order chi connectivity index (χ1) is 15.3. The Hall–Kier alpha value is -2.55. The van der Waals surface area contributed by atoms with Crippen molar-refractivity contribution >= 4 is 17.9 Å². The molecule has 1 aliphatic heterocycles. The summed E-state index contributed by atoms with van der Waals surface area (Å²) < 4.78 is 18.0. The molecule has 6 nitrogen and oxygen atoms in total. The first-order valence-corrected chi connectivity index (χ1v) is 11.4. The van der Waals surface area contributed by atoms with Gasteiger partial charge in [0, 0.05) is 37.6 Å². The quantitative estimate of drug-likeness (QED) is 0.520. The van der Waals surface area contributed by atoms with Crippen LogP contribution in [0.1, 0.15) is 24.4 Å². The normalized spacial score (nSPS) is 16.0. The third kappa shape index (κ3) is 4.77. The van der Waals surface area contributed by atoms with Gasteiger partial charge >= 0.3 is 0 Å². The molecule has 1 saturated heterocycles. The van der Waals surface area contributed by atoms with Crippen LogP contribution in [-0.2, 0) is 6.67 Å². The van der Waals surface area contributed by atoms with Gasteiger partial charge in [0.2, 0.25) is 4.77 Å². The Labute approximate surface area is 194 Å². The summed E-state index contributed by atoms with van der Waals surface area (Å²) in [4.78, 5) is 6.91. The topological polar surface area (TPSA) is 32.5 Å². The minimum Gasteiger partial charge on any atom is -0.369 e. The number of halogens is 1. The summed E-state index contributed by atoms with van der Waals surface area (Å²) >= 11 is 5.83. The van der Waals surface area contributed by atoms with Gasteiger partial charge < -0.3 is 4.90 Å². The Morgan fingerprint density at radius 1 is 1.03 bits per heavy atom. The highest BCUT2D eigenvalue weighted by atomic mass is 32.1. The zero-order valence-corrected chi connectivity index (χ0v) is 20.0. The molecule has 1 fully saturated rings. The molecule has 0 amide bonds. The SMILES string of the molecule is Cc1cccc(N2CCN(Cn3nc(C(C)N(C)C)n(-c4ccc(F)cc4)c3=S)CC2)c1. The molecule has 8 heteroatoms. The molecule has 2 heterocycles. The predicted octanol–water partition coefficient (Wildman–Crippen LogP) is 4.25. The molecule has 4 rings (SSSR count). The number of hydrogen-bond acceptors (Lipinski definition) is 5. The molecule has 1 aliphatic rings. The minimum atomic E-state index is -0.263. The van der Waals surface area contributed by atoms with E-state index in [2.05, 4.69) is 52.8 Å². The second kappa shape index (κ2) is 9.52. The van der Waals surface area contributed by atoms with Gasteiger partial charge in [0.25, 0.3) is 0 Å². The first-order valence-electron chi connectivity index (χ1n) is 11.0. The average Bonchev–Trinajstić information content (AvgIpc) is 3.10. The van der Waals surface area contributed by atoms with E-state index in [0.29, 0.717) is 11.4 Å². The number of aromatic nitrogens is 3. The number of anilines is 1. The summed E-state index contributed by atoms with van der Waals surface area (Å²) in [5.41, 5.74) is 3.39. The summed E-state index contributed by atoms with van der Waals surface area (Å²) in [7, 11) is 4.04. The zero-order chi connectivity index (χ0) is 22.8. The van der Waals surface area contributed by atoms with Gasteiger partial charge in [0.15, 0.2) is 5.82 Å². The third-order valence-electron chi connectivity index (χ3n) is 6.17. The number of rotatable bonds is 6. The predicted molar refractivity (Wildman–Crippen MR) is 129 cm³/mol. The summed E-state index contributed by atoms with van der Waals surface area (Å²) in [6.07, 6.45) is 0. The molecule has 1 atom stereocenters. The van der Waals surface area contributed by atoms with Crippen molar-refractivity contribution in [3.05, 3.63) is 70.5 Å². The number of nitrogens with zero attached hydrogens (tertiary/aromatic N) is 6. The maximum atomic E-state index is 13.5. The van der Waals surface area contributed by atoms with Crippen LogP contribution in [0.3, 0.4) is 0 Å². The molecule has 0 aliphatic carbocycles. The number of benzene rings is 2. The van der Waals surface area contributed by atoms with Gasteiger partial charge in [-0.2, -0.15) is 5.10 Å². The van der Waals surface area contributed by atoms with E-state index < -0.39 is 0 Å². The summed E-state index contributed by atoms with van der Waals surface area (Å²) in [5.74, 6) is 0.589. The van der Waals surface area contributed by atoms with Crippen molar-refractivity contribution in [2.45, 2.75) is 26.6 Å². The lowest BCUT2D eigenvalue weighted by Gasteiger charge is -2.36. The van der Waals surface area contributed by atoms with E-state index in [1.54, 1.807) is 12.1 Å². The van der Waals surface area contributed by atoms with Gasteiger partial charge in [-0.15, -0.1) is 0 Å². The van der Waals surface area contributed by atoms with Gasteiger partial charge in [-0.3, -0.25) is 14.4 Å². The van der Waals surface area contributed by atoms with Crippen molar-refractivity contribution in [1.29, 1.82) is 0 Å². The number of piperazine rings is 1. The lowest BCUT2D eigenvalue weighted by molar-refractivity contribution is 0.193. The molecule has 1 aromatic heterocycles. The molecule has 0 N–H and O–H groups in total. The molecule has 32 heavy (non-hydrogen) atoms. The highest BCUT2D eigenvalue weighted by Crippen LogP contribution is 2.22. The van der Waals surface area contributed by atoms with E-state index in [0.717, 1.165) is 37.7 Å². The minimum absolute atomic E-state index is 0.0566. The van der Waals surface area contributed by atoms with Crippen LogP contribution in [0.5, 0.6) is 0 Å². The van der Waals surface area contributed by atoms with Crippen molar-refractivity contribution in [2.24, 2.45) is 0 Å². The number of hydrogen-bond donors (Lipinski definition) is 0. The van der Waals surface area contributed by atoms with E-state index in [1.807, 2.05) is 23.3 Å². The molecule has 0 radical (unpaired) electrons. The lowest BCUT2D eigenvalue weighted by Crippen LogP contribution is -2.47. The van der Waals surface area contributed by atoms with Crippen LogP contribution >= 0.6 is 12.2 Å². The van der Waals surface area contributed by atoms with E-state index in [-0.39, 0.29) is 11.9 Å². The lowest BCUT2D eigenvalue weighted by atomic mass is 10.2. The molecule has 0 saturated carbocycles. The molecular formula is C24H31FN6S. The Morgan fingerprint density at radius 3 is 2.34 bits per heavy atom. The fourth-order valence-electron chi connectivity index (χ4n) is 4.01. The van der Waals surface area contributed by atoms with Crippen molar-refractivity contribution < 1.29 is 4.39 Å². The van der Waals surface area contributed by atoms with Crippen LogP contribution < -0.4 is 4.90 Å². The molecular weight excluding hydrogens is 423 g/mol. The Morgan fingerprint density at radius 2 is 1.72 bits per heavy atom. The van der Waals surface area contributed by atoms with E-state index in [4.69, 9.17) is 17.3 Å². The number of aryl methyl sites for hydroxylation is 1. The van der Waals surface area contributed by atoms with E-state index in [9.17, 15) is 4.39 Å². The Bertz CT molecular complexity index is 1110. The summed E-state index contributed by atoms with van der Waals surface area (Å²) in [5, 5.41) is 4.90. The highest BCUT2D eigenvalue weighted by molar-refractivity contribution is 7.71. The van der Waals surface area contributed by atoms with Gasteiger partial charge in [0.05, 0.1) is 12.7 Å². The molecule has 2 aromatic carbocycles. The second-order valence-electron chi connectivity index (χ2n) is 8.68.